The molecule has 3 unspecified atom stereocenters. The van der Waals surface area contributed by atoms with Crippen LogP contribution in [-0.2, 0) is 4.74 Å². The van der Waals surface area contributed by atoms with Crippen LogP contribution in [0.3, 0.4) is 0 Å². The third-order valence-corrected chi connectivity index (χ3v) is 3.86. The SMILES string of the molecule is CC(N(C)CC1CCC(CN)O1)C(C)(C)C. The second kappa shape index (κ2) is 5.48. The summed E-state index contributed by atoms with van der Waals surface area (Å²) in [4.78, 5) is 2.41. The molecule has 1 saturated heterocycles. The summed E-state index contributed by atoms with van der Waals surface area (Å²) in [5.41, 5.74) is 5.94. The fourth-order valence-electron chi connectivity index (χ4n) is 2.23. The van der Waals surface area contributed by atoms with Gasteiger partial charge in [-0.05, 0) is 32.2 Å². The van der Waals surface area contributed by atoms with Crippen molar-refractivity contribution in [2.45, 2.75) is 58.8 Å². The summed E-state index contributed by atoms with van der Waals surface area (Å²) >= 11 is 0. The Kier molecular flexibility index (Phi) is 4.77. The van der Waals surface area contributed by atoms with Crippen LogP contribution in [0, 0.1) is 5.41 Å². The van der Waals surface area contributed by atoms with Gasteiger partial charge in [0.2, 0.25) is 0 Å². The Morgan fingerprint density at radius 3 is 2.31 bits per heavy atom. The minimum Gasteiger partial charge on any atom is -0.372 e. The summed E-state index contributed by atoms with van der Waals surface area (Å²) in [7, 11) is 2.19. The molecule has 0 spiro atoms. The summed E-state index contributed by atoms with van der Waals surface area (Å²) in [5.74, 6) is 0. The highest BCUT2D eigenvalue weighted by Crippen LogP contribution is 2.25. The number of likely N-dealkylation sites (N-methyl/N-ethyl adjacent to an activating group) is 1. The van der Waals surface area contributed by atoms with Gasteiger partial charge in [0.05, 0.1) is 12.2 Å². The highest BCUT2D eigenvalue weighted by Gasteiger charge is 2.29. The molecule has 3 heteroatoms. The number of ether oxygens (including phenoxy) is 1. The lowest BCUT2D eigenvalue weighted by Crippen LogP contribution is -2.43. The van der Waals surface area contributed by atoms with Crippen molar-refractivity contribution in [1.82, 2.24) is 4.90 Å². The molecular formula is C13H28N2O. The van der Waals surface area contributed by atoms with Gasteiger partial charge in [0.1, 0.15) is 0 Å². The molecule has 0 radical (unpaired) electrons. The van der Waals surface area contributed by atoms with Crippen LogP contribution in [0.25, 0.3) is 0 Å². The zero-order valence-corrected chi connectivity index (χ0v) is 11.5. The summed E-state index contributed by atoms with van der Waals surface area (Å²) in [5, 5.41) is 0. The predicted octanol–water partition coefficient (Wildman–Crippen LogP) is 1.86. The zero-order valence-electron chi connectivity index (χ0n) is 11.5. The van der Waals surface area contributed by atoms with Crippen molar-refractivity contribution in [3.8, 4) is 0 Å². The second-order valence-corrected chi connectivity index (χ2v) is 6.17. The molecular weight excluding hydrogens is 200 g/mol. The third kappa shape index (κ3) is 3.72. The van der Waals surface area contributed by atoms with E-state index in [0.29, 0.717) is 30.2 Å². The fourth-order valence-corrected chi connectivity index (χ4v) is 2.23. The smallest absolute Gasteiger partial charge is 0.0707 e. The minimum absolute atomic E-state index is 0.295. The molecule has 1 fully saturated rings. The van der Waals surface area contributed by atoms with Crippen molar-refractivity contribution in [2.24, 2.45) is 11.1 Å². The molecule has 3 atom stereocenters. The van der Waals surface area contributed by atoms with Crippen LogP contribution in [0.4, 0.5) is 0 Å². The molecule has 0 saturated carbocycles. The average Bonchev–Trinajstić information content (AvgIpc) is 2.63. The van der Waals surface area contributed by atoms with Gasteiger partial charge < -0.3 is 15.4 Å². The standard InChI is InChI=1S/C13H28N2O/c1-10(13(2,3)4)15(5)9-12-7-6-11(8-14)16-12/h10-12H,6-9,14H2,1-5H3. The Morgan fingerprint density at radius 1 is 1.31 bits per heavy atom. The van der Waals surface area contributed by atoms with Crippen LogP contribution in [0.5, 0.6) is 0 Å². The maximum absolute atomic E-state index is 5.88. The van der Waals surface area contributed by atoms with Crippen molar-refractivity contribution in [2.75, 3.05) is 20.1 Å². The quantitative estimate of drug-likeness (QED) is 0.798. The first-order valence-corrected chi connectivity index (χ1v) is 6.40. The Morgan fingerprint density at radius 2 is 1.88 bits per heavy atom. The molecule has 0 aliphatic carbocycles. The zero-order chi connectivity index (χ0) is 12.3. The summed E-state index contributed by atoms with van der Waals surface area (Å²) in [6.07, 6.45) is 2.95. The number of nitrogens with zero attached hydrogens (tertiary/aromatic N) is 1. The second-order valence-electron chi connectivity index (χ2n) is 6.17. The normalized spacial score (nSPS) is 28.7. The Hall–Kier alpha value is -0.120. The van der Waals surface area contributed by atoms with Crippen molar-refractivity contribution in [1.29, 1.82) is 0 Å². The van der Waals surface area contributed by atoms with E-state index in [1.165, 1.54) is 0 Å². The third-order valence-electron chi connectivity index (χ3n) is 3.86. The van der Waals surface area contributed by atoms with Gasteiger partial charge >= 0.3 is 0 Å². The maximum Gasteiger partial charge on any atom is 0.0707 e. The van der Waals surface area contributed by atoms with E-state index in [9.17, 15) is 0 Å². The first kappa shape index (κ1) is 13.9. The summed E-state index contributed by atoms with van der Waals surface area (Å²) in [6, 6.07) is 0.563. The van der Waals surface area contributed by atoms with Crippen LogP contribution in [0.15, 0.2) is 0 Å². The first-order valence-electron chi connectivity index (χ1n) is 6.40. The van der Waals surface area contributed by atoms with Gasteiger partial charge in [-0.2, -0.15) is 0 Å². The Balaban J connectivity index is 2.38. The van der Waals surface area contributed by atoms with Gasteiger partial charge in [0.15, 0.2) is 0 Å². The van der Waals surface area contributed by atoms with Crippen molar-refractivity contribution in [3.05, 3.63) is 0 Å². The molecule has 0 amide bonds. The molecule has 0 aromatic rings. The minimum atomic E-state index is 0.295. The highest BCUT2D eigenvalue weighted by molar-refractivity contribution is 4.82. The number of hydrogen-bond donors (Lipinski definition) is 1. The maximum atomic E-state index is 5.88. The van der Waals surface area contributed by atoms with Crippen molar-refractivity contribution < 1.29 is 4.74 Å². The monoisotopic (exact) mass is 228 g/mol. The van der Waals surface area contributed by atoms with Crippen LogP contribution >= 0.6 is 0 Å². The van der Waals surface area contributed by atoms with E-state index in [1.807, 2.05) is 0 Å². The van der Waals surface area contributed by atoms with Crippen molar-refractivity contribution >= 4 is 0 Å². The van der Waals surface area contributed by atoms with Gasteiger partial charge in [-0.3, -0.25) is 0 Å². The van der Waals surface area contributed by atoms with Gasteiger partial charge in [-0.1, -0.05) is 20.8 Å². The van der Waals surface area contributed by atoms with Gasteiger partial charge in [0.25, 0.3) is 0 Å². The average molecular weight is 228 g/mol. The first-order chi connectivity index (χ1) is 7.34. The van der Waals surface area contributed by atoms with E-state index in [0.717, 1.165) is 19.4 Å². The van der Waals surface area contributed by atoms with E-state index in [1.54, 1.807) is 0 Å². The molecule has 0 bridgehead atoms. The van der Waals surface area contributed by atoms with Crippen molar-refractivity contribution in [3.63, 3.8) is 0 Å². The van der Waals surface area contributed by atoms with E-state index in [2.05, 4.69) is 39.6 Å². The van der Waals surface area contributed by atoms with E-state index in [4.69, 9.17) is 10.5 Å². The Labute approximate surface area is 100 Å². The van der Waals surface area contributed by atoms with Crippen LogP contribution in [0.1, 0.15) is 40.5 Å². The van der Waals surface area contributed by atoms with Gasteiger partial charge in [-0.15, -0.1) is 0 Å². The summed E-state index contributed by atoms with van der Waals surface area (Å²) in [6.45, 7) is 10.8. The number of rotatable bonds is 4. The largest absolute Gasteiger partial charge is 0.372 e. The molecule has 1 heterocycles. The fraction of sp³-hybridized carbons (Fsp3) is 1.00. The van der Waals surface area contributed by atoms with E-state index in [-0.39, 0.29) is 0 Å². The lowest BCUT2D eigenvalue weighted by molar-refractivity contribution is 0.0140. The highest BCUT2D eigenvalue weighted by atomic mass is 16.5. The lowest BCUT2D eigenvalue weighted by Gasteiger charge is -2.36. The molecule has 96 valence electrons. The predicted molar refractivity (Wildman–Crippen MR) is 68.5 cm³/mol. The molecule has 1 rings (SSSR count). The van der Waals surface area contributed by atoms with E-state index >= 15 is 0 Å². The van der Waals surface area contributed by atoms with Crippen LogP contribution in [0.2, 0.25) is 0 Å². The van der Waals surface area contributed by atoms with Crippen LogP contribution in [-0.4, -0.2) is 43.3 Å². The molecule has 1 aliphatic rings. The number of nitrogens with two attached hydrogens (primary N) is 1. The van der Waals surface area contributed by atoms with Gasteiger partial charge in [0, 0.05) is 19.1 Å². The van der Waals surface area contributed by atoms with E-state index < -0.39 is 0 Å². The molecule has 16 heavy (non-hydrogen) atoms. The summed E-state index contributed by atoms with van der Waals surface area (Å²) < 4.78 is 5.88. The topological polar surface area (TPSA) is 38.5 Å². The molecule has 1 aliphatic heterocycles. The Bertz CT molecular complexity index is 212. The molecule has 2 N–H and O–H groups in total. The lowest BCUT2D eigenvalue weighted by atomic mass is 9.87. The molecule has 0 aromatic carbocycles. The molecule has 0 aromatic heterocycles. The van der Waals surface area contributed by atoms with Crippen LogP contribution < -0.4 is 5.73 Å². The molecule has 3 nitrogen and oxygen atoms in total. The number of hydrogen-bond acceptors (Lipinski definition) is 3. The van der Waals surface area contributed by atoms with Gasteiger partial charge in [-0.25, -0.2) is 0 Å².